The molecule has 20 nitrogen and oxygen atoms in total. The van der Waals surface area contributed by atoms with Gasteiger partial charge in [-0.1, -0.05) is 6.07 Å². The van der Waals surface area contributed by atoms with Crippen LogP contribution in [-0.2, 0) is 19.1 Å². The summed E-state index contributed by atoms with van der Waals surface area (Å²) >= 11 is 0. The number of rotatable bonds is 19. The number of amides is 6. The van der Waals surface area contributed by atoms with Crippen LogP contribution in [0.5, 0.6) is 0 Å². The van der Waals surface area contributed by atoms with Crippen molar-refractivity contribution in [1.82, 2.24) is 40.2 Å². The normalized spacial score (nSPS) is 16.6. The molecule has 3 aromatic heterocycles. The molecule has 2 aliphatic heterocycles. The van der Waals surface area contributed by atoms with E-state index in [4.69, 9.17) is 9.47 Å². The van der Waals surface area contributed by atoms with Gasteiger partial charge in [0, 0.05) is 61.6 Å². The van der Waals surface area contributed by atoms with Gasteiger partial charge in [-0.15, -0.1) is 0 Å². The summed E-state index contributed by atoms with van der Waals surface area (Å²) in [6.07, 6.45) is 3.46. The standard InChI is InChI=1S/C39H40FN11O9/c40-24(19-45-35(53)27-20-43-31(15-29(27)47-25-4-5-25)51-34-23(18-46-51)14-22(16-41)17-44-34)21-60-13-10-49(39(57)58)9-12-59-11-8-42-28-3-1-2-26-33(28)38(56)50(37(26)55)30-6-7-32(52)48-36(30)54/h1-3,14-15,17-18,20,24-25,30,42H,4-13,19,21H2,(H,43,47)(H,45,53)(H,57,58)(H,48,52,54). The third-order valence-electron chi connectivity index (χ3n) is 9.92. The Morgan fingerprint density at radius 2 is 1.82 bits per heavy atom. The number of carbonyl (C=O) groups excluding carboxylic acids is 5. The van der Waals surface area contributed by atoms with Crippen molar-refractivity contribution in [2.75, 3.05) is 63.2 Å². The highest BCUT2D eigenvalue weighted by molar-refractivity contribution is 6.25. The molecule has 1 aliphatic carbocycles. The molecule has 0 radical (unpaired) electrons. The number of ether oxygens (including phenoxy) is 2. The van der Waals surface area contributed by atoms with E-state index in [0.29, 0.717) is 33.8 Å². The predicted molar refractivity (Wildman–Crippen MR) is 208 cm³/mol. The summed E-state index contributed by atoms with van der Waals surface area (Å²) in [7, 11) is 0. The molecular weight excluding hydrogens is 785 g/mol. The molecule has 0 bridgehead atoms. The van der Waals surface area contributed by atoms with E-state index in [1.54, 1.807) is 30.5 Å². The molecule has 1 aromatic carbocycles. The number of piperidine rings is 1. The van der Waals surface area contributed by atoms with Gasteiger partial charge in [0.2, 0.25) is 11.8 Å². The predicted octanol–water partition coefficient (Wildman–Crippen LogP) is 1.86. The summed E-state index contributed by atoms with van der Waals surface area (Å²) in [6.45, 7) is -0.613. The minimum Gasteiger partial charge on any atom is -0.465 e. The molecule has 1 saturated heterocycles. The molecule has 5 heterocycles. The lowest BCUT2D eigenvalue weighted by Gasteiger charge is -2.27. The number of anilines is 2. The van der Waals surface area contributed by atoms with E-state index in [9.17, 15) is 43.5 Å². The van der Waals surface area contributed by atoms with Gasteiger partial charge in [0.05, 0.1) is 67.1 Å². The summed E-state index contributed by atoms with van der Waals surface area (Å²) in [4.78, 5) is 85.8. The molecule has 0 spiro atoms. The quantitative estimate of drug-likeness (QED) is 0.0668. The molecule has 60 heavy (non-hydrogen) atoms. The maximum absolute atomic E-state index is 14.8. The van der Waals surface area contributed by atoms with Gasteiger partial charge in [0.1, 0.15) is 18.3 Å². The van der Waals surface area contributed by atoms with Crippen LogP contribution in [0, 0.1) is 11.3 Å². The topological polar surface area (TPSA) is 263 Å². The number of hydrogen-bond acceptors (Lipinski definition) is 14. The number of carboxylic acid groups (broad SMARTS) is 1. The number of fused-ring (bicyclic) bond motifs is 2. The summed E-state index contributed by atoms with van der Waals surface area (Å²) in [5.41, 5.74) is 2.17. The summed E-state index contributed by atoms with van der Waals surface area (Å²) in [5.74, 6) is -2.60. The van der Waals surface area contributed by atoms with Crippen LogP contribution < -0.4 is 21.3 Å². The first-order valence-electron chi connectivity index (χ1n) is 19.2. The average molecular weight is 826 g/mol. The minimum absolute atomic E-state index is 0.00730. The summed E-state index contributed by atoms with van der Waals surface area (Å²) in [6, 6.07) is 9.14. The monoisotopic (exact) mass is 825 g/mol. The van der Waals surface area contributed by atoms with Gasteiger partial charge in [0.25, 0.3) is 17.7 Å². The first kappa shape index (κ1) is 41.1. The number of benzene rings is 1. The molecule has 4 aromatic rings. The maximum atomic E-state index is 14.8. The lowest BCUT2D eigenvalue weighted by atomic mass is 10.0. The number of nitriles is 1. The molecule has 21 heteroatoms. The lowest BCUT2D eigenvalue weighted by Crippen LogP contribution is -2.54. The third-order valence-corrected chi connectivity index (χ3v) is 9.92. The van der Waals surface area contributed by atoms with Gasteiger partial charge in [-0.3, -0.25) is 34.2 Å². The van der Waals surface area contributed by atoms with Gasteiger partial charge in [-0.05, 0) is 37.5 Å². The van der Waals surface area contributed by atoms with E-state index in [-0.39, 0.29) is 81.6 Å². The van der Waals surface area contributed by atoms with Crippen molar-refractivity contribution in [1.29, 1.82) is 5.26 Å². The lowest BCUT2D eigenvalue weighted by molar-refractivity contribution is -0.136. The maximum Gasteiger partial charge on any atom is 0.407 e. The van der Waals surface area contributed by atoms with Gasteiger partial charge < -0.3 is 35.4 Å². The summed E-state index contributed by atoms with van der Waals surface area (Å²) < 4.78 is 27.3. The summed E-state index contributed by atoms with van der Waals surface area (Å²) in [5, 5.41) is 34.9. The van der Waals surface area contributed by atoms with E-state index in [1.807, 2.05) is 6.07 Å². The Kier molecular flexibility index (Phi) is 12.5. The number of pyridine rings is 2. The third kappa shape index (κ3) is 9.29. The Bertz CT molecular complexity index is 2380. The number of nitrogens with one attached hydrogen (secondary N) is 4. The van der Waals surface area contributed by atoms with E-state index >= 15 is 0 Å². The smallest absolute Gasteiger partial charge is 0.407 e. The van der Waals surface area contributed by atoms with Crippen molar-refractivity contribution in [3.8, 4) is 11.9 Å². The largest absolute Gasteiger partial charge is 0.465 e. The molecule has 1 saturated carbocycles. The molecule has 2 fully saturated rings. The van der Waals surface area contributed by atoms with Crippen molar-refractivity contribution in [2.24, 2.45) is 0 Å². The highest BCUT2D eigenvalue weighted by atomic mass is 19.1. The Morgan fingerprint density at radius 1 is 1.02 bits per heavy atom. The molecule has 3 aliphatic rings. The first-order chi connectivity index (χ1) is 29.0. The molecule has 7 rings (SSSR count). The second-order valence-electron chi connectivity index (χ2n) is 14.2. The molecule has 312 valence electrons. The molecule has 5 N–H and O–H groups in total. The number of nitrogens with zero attached hydrogens (tertiary/aromatic N) is 7. The Labute approximate surface area is 341 Å². The zero-order chi connectivity index (χ0) is 42.3. The van der Waals surface area contributed by atoms with Gasteiger partial charge in [-0.2, -0.15) is 15.0 Å². The molecule has 6 amide bonds. The van der Waals surface area contributed by atoms with Crippen LogP contribution in [-0.4, -0.2) is 141 Å². The number of halogens is 1. The van der Waals surface area contributed by atoms with Crippen molar-refractivity contribution in [3.05, 3.63) is 71.2 Å². The van der Waals surface area contributed by atoms with Crippen LogP contribution in [0.1, 0.15) is 62.3 Å². The highest BCUT2D eigenvalue weighted by Gasteiger charge is 2.45. The van der Waals surface area contributed by atoms with Gasteiger partial charge in [0.15, 0.2) is 11.5 Å². The zero-order valence-electron chi connectivity index (χ0n) is 32.1. The molecule has 2 atom stereocenters. The number of aromatic nitrogens is 4. The van der Waals surface area contributed by atoms with E-state index in [2.05, 4.69) is 36.3 Å². The number of alkyl halides is 1. The van der Waals surface area contributed by atoms with Crippen LogP contribution in [0.3, 0.4) is 0 Å². The van der Waals surface area contributed by atoms with Crippen LogP contribution in [0.2, 0.25) is 0 Å². The van der Waals surface area contributed by atoms with E-state index in [0.717, 1.165) is 22.6 Å². The minimum atomic E-state index is -1.59. The van der Waals surface area contributed by atoms with Crippen LogP contribution >= 0.6 is 0 Å². The molecular formula is C39H40FN11O9. The molecule has 2 unspecified atom stereocenters. The first-order valence-corrected chi connectivity index (χ1v) is 19.2. The van der Waals surface area contributed by atoms with Crippen molar-refractivity contribution >= 4 is 58.0 Å². The number of imide groups is 2. The van der Waals surface area contributed by atoms with Crippen LogP contribution in [0.25, 0.3) is 16.9 Å². The Balaban J connectivity index is 0.816. The fourth-order valence-corrected chi connectivity index (χ4v) is 6.70. The zero-order valence-corrected chi connectivity index (χ0v) is 32.1. The number of carbonyl (C=O) groups is 6. The van der Waals surface area contributed by atoms with Gasteiger partial charge >= 0.3 is 6.09 Å². The highest BCUT2D eigenvalue weighted by Crippen LogP contribution is 2.32. The van der Waals surface area contributed by atoms with Crippen molar-refractivity contribution in [2.45, 2.75) is 43.9 Å². The van der Waals surface area contributed by atoms with Gasteiger partial charge in [-0.25, -0.2) is 19.2 Å². The second-order valence-corrected chi connectivity index (χ2v) is 14.2. The van der Waals surface area contributed by atoms with Crippen LogP contribution in [0.15, 0.2) is 48.9 Å². The number of hydrogen-bond donors (Lipinski definition) is 5. The second kappa shape index (κ2) is 18.3. The van der Waals surface area contributed by atoms with Crippen molar-refractivity contribution < 1.29 is 47.7 Å². The van der Waals surface area contributed by atoms with Crippen molar-refractivity contribution in [3.63, 3.8) is 0 Å². The van der Waals surface area contributed by atoms with E-state index in [1.165, 1.54) is 23.1 Å². The average Bonchev–Trinajstić information content (AvgIpc) is 3.89. The Morgan fingerprint density at radius 3 is 2.57 bits per heavy atom. The van der Waals surface area contributed by atoms with E-state index < -0.39 is 54.4 Å². The fraction of sp³-hybridized carbons (Fsp3) is 0.385. The Hall–Kier alpha value is -7.05. The van der Waals surface area contributed by atoms with Crippen LogP contribution in [0.4, 0.5) is 20.6 Å². The fourth-order valence-electron chi connectivity index (χ4n) is 6.70. The SMILES string of the molecule is N#Cc1cnc2c(cnn2-c2cc(NC3CC3)c(C(=O)NCC(F)COCCN(CCOCCNc3cccc4c3C(=O)N(C3CCC(=O)NC3=O)C4=O)C(=O)O)cn2)c1.